The number of nitrogens with zero attached hydrogens (tertiary/aromatic N) is 1. The predicted octanol–water partition coefficient (Wildman–Crippen LogP) is 0.882. The van der Waals surface area contributed by atoms with Crippen LogP contribution in [0.5, 0.6) is 0 Å². The minimum Gasteiger partial charge on any atom is -0.480 e. The lowest BCUT2D eigenvalue weighted by Gasteiger charge is -2.47. The monoisotopic (exact) mass is 239 g/mol. The van der Waals surface area contributed by atoms with E-state index < -0.39 is 17.9 Å². The van der Waals surface area contributed by atoms with Gasteiger partial charge in [0, 0.05) is 5.92 Å². The first-order valence-electron chi connectivity index (χ1n) is 5.79. The fraction of sp³-hybridized carbons (Fsp3) is 0.750. The molecule has 0 aromatic rings. The second kappa shape index (κ2) is 3.31. The van der Waals surface area contributed by atoms with Crippen LogP contribution in [0.15, 0.2) is 0 Å². The van der Waals surface area contributed by atoms with E-state index in [1.165, 1.54) is 0 Å². The van der Waals surface area contributed by atoms with Gasteiger partial charge in [-0.25, -0.2) is 0 Å². The topological polar surface area (TPSA) is 74.7 Å². The van der Waals surface area contributed by atoms with E-state index in [2.05, 4.69) is 0 Å². The highest BCUT2D eigenvalue weighted by Crippen LogP contribution is 2.59. The summed E-state index contributed by atoms with van der Waals surface area (Å²) in [7, 11) is 0. The molecule has 0 unspecified atom stereocenters. The molecule has 17 heavy (non-hydrogen) atoms. The summed E-state index contributed by atoms with van der Waals surface area (Å²) >= 11 is 0. The third kappa shape index (κ3) is 1.34. The maximum absolute atomic E-state index is 12.3. The zero-order chi connectivity index (χ0) is 13.0. The van der Waals surface area contributed by atoms with Gasteiger partial charge in [0.05, 0.1) is 5.41 Å². The van der Waals surface area contributed by atoms with E-state index in [4.69, 9.17) is 5.11 Å². The van der Waals surface area contributed by atoms with Gasteiger partial charge >= 0.3 is 5.97 Å². The molecule has 2 rings (SSSR count). The van der Waals surface area contributed by atoms with E-state index in [-0.39, 0.29) is 23.1 Å². The summed E-state index contributed by atoms with van der Waals surface area (Å²) in [4.78, 5) is 36.1. The molecule has 2 amide bonds. The number of aliphatic carboxylic acids is 1. The average molecular weight is 239 g/mol. The van der Waals surface area contributed by atoms with Crippen LogP contribution >= 0.6 is 0 Å². The number of carbonyl (C=O) groups excluding carboxylic acids is 2. The van der Waals surface area contributed by atoms with E-state index in [0.717, 1.165) is 4.90 Å². The molecule has 0 radical (unpaired) electrons. The van der Waals surface area contributed by atoms with Crippen molar-refractivity contribution in [1.82, 2.24) is 4.90 Å². The van der Waals surface area contributed by atoms with Gasteiger partial charge in [-0.2, -0.15) is 0 Å². The molecule has 5 nitrogen and oxygen atoms in total. The third-order valence-electron chi connectivity index (χ3n) is 4.80. The van der Waals surface area contributed by atoms with Gasteiger partial charge in [-0.1, -0.05) is 20.8 Å². The molecule has 2 aliphatic rings. The number of hydrogen-bond donors (Lipinski definition) is 1. The second-order valence-corrected chi connectivity index (χ2v) is 5.77. The lowest BCUT2D eigenvalue weighted by Crippen LogP contribution is -2.59. The summed E-state index contributed by atoms with van der Waals surface area (Å²) in [6.45, 7) is 5.19. The molecule has 5 heteroatoms. The van der Waals surface area contributed by atoms with E-state index in [9.17, 15) is 14.4 Å². The van der Waals surface area contributed by atoms with Crippen molar-refractivity contribution in [3.63, 3.8) is 0 Å². The molecule has 1 saturated heterocycles. The summed E-state index contributed by atoms with van der Waals surface area (Å²) in [5.41, 5.74) is -0.989. The number of rotatable bonds is 2. The molecule has 2 atom stereocenters. The Morgan fingerprint density at radius 2 is 2.00 bits per heavy atom. The second-order valence-electron chi connectivity index (χ2n) is 5.77. The zero-order valence-corrected chi connectivity index (χ0v) is 10.3. The van der Waals surface area contributed by atoms with Crippen molar-refractivity contribution in [3.8, 4) is 0 Å². The molecular formula is C12H17NO4. The van der Waals surface area contributed by atoms with Crippen LogP contribution in [0.4, 0.5) is 0 Å². The van der Waals surface area contributed by atoms with Crippen LogP contribution in [0, 0.1) is 16.7 Å². The van der Waals surface area contributed by atoms with Crippen molar-refractivity contribution in [2.75, 3.05) is 6.54 Å². The van der Waals surface area contributed by atoms with Crippen LogP contribution in [0.3, 0.4) is 0 Å². The number of likely N-dealkylation sites (tertiary alicyclic amines) is 1. The Bertz CT molecular complexity index is 415. The summed E-state index contributed by atoms with van der Waals surface area (Å²) in [5, 5.41) is 8.76. The Balaban J connectivity index is 2.42. The number of carboxylic acids is 1. The van der Waals surface area contributed by atoms with Crippen LogP contribution in [-0.4, -0.2) is 34.3 Å². The molecule has 2 fully saturated rings. The van der Waals surface area contributed by atoms with Gasteiger partial charge in [0.1, 0.15) is 6.54 Å². The molecule has 0 aromatic heterocycles. The molecule has 2 bridgehead atoms. The summed E-state index contributed by atoms with van der Waals surface area (Å²) < 4.78 is 0. The fourth-order valence-electron chi connectivity index (χ4n) is 3.19. The Labute approximate surface area is 99.8 Å². The van der Waals surface area contributed by atoms with Gasteiger partial charge in [-0.05, 0) is 18.3 Å². The summed E-state index contributed by atoms with van der Waals surface area (Å²) in [6.07, 6.45) is 1.33. The van der Waals surface area contributed by atoms with E-state index in [0.29, 0.717) is 12.8 Å². The number of piperidine rings is 1. The standard InChI is InChI=1S/C12H17NO4/c1-11(2)7-4-5-12(11,3)10(17)13(9(7)16)6-8(14)15/h7H,4-6H2,1-3H3,(H,14,15)/t7-,12-/m0/s1. The fourth-order valence-corrected chi connectivity index (χ4v) is 3.19. The molecular weight excluding hydrogens is 222 g/mol. The number of carbonyl (C=O) groups is 3. The Hall–Kier alpha value is -1.39. The third-order valence-corrected chi connectivity index (χ3v) is 4.80. The van der Waals surface area contributed by atoms with Crippen LogP contribution in [0.1, 0.15) is 33.6 Å². The first kappa shape index (κ1) is 12.1. The molecule has 0 aromatic carbocycles. The molecule has 94 valence electrons. The largest absolute Gasteiger partial charge is 0.480 e. The van der Waals surface area contributed by atoms with Crippen molar-refractivity contribution in [1.29, 1.82) is 0 Å². The number of hydrogen-bond acceptors (Lipinski definition) is 3. The first-order valence-corrected chi connectivity index (χ1v) is 5.79. The SMILES string of the molecule is CC1(C)[C@H]2CC[C@@]1(C)C(=O)N(CC(=O)O)C2=O. The molecule has 1 aliphatic heterocycles. The molecule has 0 spiro atoms. The maximum atomic E-state index is 12.3. The molecule has 1 heterocycles. The number of fused-ring (bicyclic) bond motifs is 2. The van der Waals surface area contributed by atoms with Crippen LogP contribution in [0.2, 0.25) is 0 Å². The maximum Gasteiger partial charge on any atom is 0.323 e. The minimum atomic E-state index is -1.14. The first-order chi connectivity index (χ1) is 7.72. The number of amides is 2. The van der Waals surface area contributed by atoms with Crippen molar-refractivity contribution < 1.29 is 19.5 Å². The van der Waals surface area contributed by atoms with E-state index >= 15 is 0 Å². The normalized spacial score (nSPS) is 35.2. The van der Waals surface area contributed by atoms with Crippen molar-refractivity contribution in [2.24, 2.45) is 16.7 Å². The van der Waals surface area contributed by atoms with Crippen molar-refractivity contribution in [3.05, 3.63) is 0 Å². The summed E-state index contributed by atoms with van der Waals surface area (Å²) in [5.74, 6) is -2.03. The van der Waals surface area contributed by atoms with Gasteiger partial charge in [0.2, 0.25) is 11.8 Å². The lowest BCUT2D eigenvalue weighted by molar-refractivity contribution is -0.171. The highest BCUT2D eigenvalue weighted by molar-refractivity contribution is 6.05. The zero-order valence-electron chi connectivity index (χ0n) is 10.3. The van der Waals surface area contributed by atoms with Crippen molar-refractivity contribution in [2.45, 2.75) is 33.6 Å². The quantitative estimate of drug-likeness (QED) is 0.726. The van der Waals surface area contributed by atoms with E-state index in [1.807, 2.05) is 20.8 Å². The molecule has 1 saturated carbocycles. The highest BCUT2D eigenvalue weighted by Gasteiger charge is 2.64. The lowest BCUT2D eigenvalue weighted by atomic mass is 9.62. The minimum absolute atomic E-state index is 0.232. The van der Waals surface area contributed by atoms with Crippen LogP contribution < -0.4 is 0 Å². The van der Waals surface area contributed by atoms with Gasteiger partial charge in [-0.15, -0.1) is 0 Å². The van der Waals surface area contributed by atoms with E-state index in [1.54, 1.807) is 0 Å². The van der Waals surface area contributed by atoms with Gasteiger partial charge < -0.3 is 5.11 Å². The molecule has 1 N–H and O–H groups in total. The number of imide groups is 1. The van der Waals surface area contributed by atoms with Crippen LogP contribution in [0.25, 0.3) is 0 Å². The Morgan fingerprint density at radius 1 is 1.41 bits per heavy atom. The van der Waals surface area contributed by atoms with Crippen molar-refractivity contribution >= 4 is 17.8 Å². The number of carboxylic acid groups (broad SMARTS) is 1. The van der Waals surface area contributed by atoms with Gasteiger partial charge in [-0.3, -0.25) is 19.3 Å². The Kier molecular flexibility index (Phi) is 2.35. The van der Waals surface area contributed by atoms with Gasteiger partial charge in [0.25, 0.3) is 0 Å². The van der Waals surface area contributed by atoms with Crippen LogP contribution in [-0.2, 0) is 14.4 Å². The summed E-state index contributed by atoms with van der Waals surface area (Å²) in [6, 6.07) is 0. The average Bonchev–Trinajstić information content (AvgIpc) is 2.40. The Morgan fingerprint density at radius 3 is 2.53 bits per heavy atom. The predicted molar refractivity (Wildman–Crippen MR) is 59.0 cm³/mol. The molecule has 1 aliphatic carbocycles. The smallest absolute Gasteiger partial charge is 0.323 e. The highest BCUT2D eigenvalue weighted by atomic mass is 16.4. The van der Waals surface area contributed by atoms with Gasteiger partial charge in [0.15, 0.2) is 0 Å².